The van der Waals surface area contributed by atoms with E-state index in [1.807, 2.05) is 0 Å². The Labute approximate surface area is 75.8 Å². The summed E-state index contributed by atoms with van der Waals surface area (Å²) < 4.78 is 0. The minimum absolute atomic E-state index is 0.154. The van der Waals surface area contributed by atoms with Crippen molar-refractivity contribution < 1.29 is 14.4 Å². The lowest BCUT2D eigenvalue weighted by atomic mass is 10.2. The summed E-state index contributed by atoms with van der Waals surface area (Å²) in [7, 11) is 0. The van der Waals surface area contributed by atoms with Crippen LogP contribution >= 0.6 is 0 Å². The van der Waals surface area contributed by atoms with Crippen LogP contribution in [0.2, 0.25) is 0 Å². The topological polar surface area (TPSA) is 93.5 Å². The van der Waals surface area contributed by atoms with Crippen molar-refractivity contribution >= 4 is 11.8 Å². The van der Waals surface area contributed by atoms with Gasteiger partial charge in [0.15, 0.2) is 0 Å². The molecular formula is C7H13N3O3. The maximum absolute atomic E-state index is 11.2. The first-order valence-corrected chi connectivity index (χ1v) is 4.12. The predicted molar refractivity (Wildman–Crippen MR) is 44.3 cm³/mol. The molecule has 2 amide bonds. The van der Waals surface area contributed by atoms with Crippen LogP contribution in [-0.4, -0.2) is 30.5 Å². The lowest BCUT2D eigenvalue weighted by Gasteiger charge is -2.12. The highest BCUT2D eigenvalue weighted by atomic mass is 16.7. The van der Waals surface area contributed by atoms with Crippen LogP contribution in [0.3, 0.4) is 0 Å². The molecule has 13 heavy (non-hydrogen) atoms. The van der Waals surface area contributed by atoms with Gasteiger partial charge in [-0.25, -0.2) is 5.48 Å². The van der Waals surface area contributed by atoms with Gasteiger partial charge in [0.2, 0.25) is 5.91 Å². The minimum atomic E-state index is -0.606. The lowest BCUT2D eigenvalue weighted by Crippen LogP contribution is -2.48. The molecule has 1 saturated heterocycles. The Bertz CT molecular complexity index is 219. The summed E-state index contributed by atoms with van der Waals surface area (Å²) in [6.45, 7) is 1.95. The molecule has 6 nitrogen and oxygen atoms in total. The van der Waals surface area contributed by atoms with Crippen LogP contribution < -0.4 is 16.5 Å². The van der Waals surface area contributed by atoms with Gasteiger partial charge in [0, 0.05) is 0 Å². The lowest BCUT2D eigenvalue weighted by molar-refractivity contribution is -0.129. The average Bonchev–Trinajstić information content (AvgIpc) is 2.50. The van der Waals surface area contributed by atoms with E-state index in [0.717, 1.165) is 0 Å². The van der Waals surface area contributed by atoms with E-state index < -0.39 is 12.1 Å². The molecule has 0 aromatic rings. The quantitative estimate of drug-likeness (QED) is 0.489. The van der Waals surface area contributed by atoms with Crippen molar-refractivity contribution in [3.8, 4) is 0 Å². The molecule has 1 rings (SSSR count). The van der Waals surface area contributed by atoms with Crippen molar-refractivity contribution in [1.82, 2.24) is 10.8 Å². The fourth-order valence-electron chi connectivity index (χ4n) is 0.914. The van der Waals surface area contributed by atoms with Crippen molar-refractivity contribution in [3.05, 3.63) is 0 Å². The molecule has 0 spiro atoms. The zero-order valence-corrected chi connectivity index (χ0v) is 7.37. The molecule has 0 bridgehead atoms. The van der Waals surface area contributed by atoms with Crippen LogP contribution in [0.15, 0.2) is 0 Å². The van der Waals surface area contributed by atoms with E-state index in [2.05, 4.69) is 15.6 Å². The number of hydrogen-bond donors (Lipinski definition) is 3. The Morgan fingerprint density at radius 2 is 2.62 bits per heavy atom. The highest BCUT2D eigenvalue weighted by molar-refractivity contribution is 5.90. The van der Waals surface area contributed by atoms with Crippen molar-refractivity contribution in [2.75, 3.05) is 6.61 Å². The van der Waals surface area contributed by atoms with E-state index in [-0.39, 0.29) is 18.4 Å². The Hall–Kier alpha value is -1.14. The number of nitrogens with two attached hydrogens (primary N) is 1. The number of nitrogens with one attached hydrogen (secondary N) is 2. The van der Waals surface area contributed by atoms with Crippen LogP contribution in [0, 0.1) is 0 Å². The Balaban J connectivity index is 2.39. The SMILES string of the molecule is CCC(N)C(=O)N[C@@H]1CONC1=O. The molecule has 2 atom stereocenters. The molecule has 1 heterocycles. The largest absolute Gasteiger partial charge is 0.341 e. The molecular weight excluding hydrogens is 174 g/mol. The number of carbonyl (C=O) groups excluding carboxylic acids is 2. The van der Waals surface area contributed by atoms with Gasteiger partial charge in [0.25, 0.3) is 5.91 Å². The van der Waals surface area contributed by atoms with Crippen LogP contribution in [0.1, 0.15) is 13.3 Å². The molecule has 0 radical (unpaired) electrons. The molecule has 1 aliphatic rings. The number of carbonyl (C=O) groups is 2. The summed E-state index contributed by atoms with van der Waals surface area (Å²) in [5, 5.41) is 2.48. The third kappa shape index (κ3) is 2.40. The van der Waals surface area contributed by atoms with E-state index in [9.17, 15) is 9.59 Å². The molecule has 1 aliphatic heterocycles. The highest BCUT2D eigenvalue weighted by Crippen LogP contribution is 1.95. The first-order valence-electron chi connectivity index (χ1n) is 4.12. The Morgan fingerprint density at radius 1 is 1.92 bits per heavy atom. The van der Waals surface area contributed by atoms with Crippen molar-refractivity contribution in [2.24, 2.45) is 5.73 Å². The molecule has 4 N–H and O–H groups in total. The number of hydroxylamine groups is 1. The van der Waals surface area contributed by atoms with Gasteiger partial charge in [-0.15, -0.1) is 0 Å². The second kappa shape index (κ2) is 4.20. The van der Waals surface area contributed by atoms with Crippen molar-refractivity contribution in [3.63, 3.8) is 0 Å². The molecule has 0 aromatic heterocycles. The molecule has 6 heteroatoms. The summed E-state index contributed by atoms with van der Waals surface area (Å²) >= 11 is 0. The average molecular weight is 187 g/mol. The van der Waals surface area contributed by atoms with Gasteiger partial charge in [-0.2, -0.15) is 0 Å². The number of rotatable bonds is 3. The molecule has 1 unspecified atom stereocenters. The summed E-state index contributed by atoms with van der Waals surface area (Å²) in [6.07, 6.45) is 0.543. The second-order valence-electron chi connectivity index (χ2n) is 2.85. The number of amides is 2. The summed E-state index contributed by atoms with van der Waals surface area (Å²) in [5.41, 5.74) is 7.59. The Kier molecular flexibility index (Phi) is 3.21. The molecule has 0 aromatic carbocycles. The van der Waals surface area contributed by atoms with E-state index in [0.29, 0.717) is 6.42 Å². The standard InChI is InChI=1S/C7H13N3O3/c1-2-4(8)6(11)9-5-3-13-10-7(5)12/h4-5H,2-3,8H2,1H3,(H,9,11)(H,10,12)/t4?,5-/m1/s1. The smallest absolute Gasteiger partial charge is 0.268 e. The van der Waals surface area contributed by atoms with Crippen LogP contribution in [-0.2, 0) is 14.4 Å². The third-order valence-corrected chi connectivity index (χ3v) is 1.83. The fraction of sp³-hybridized carbons (Fsp3) is 0.714. The Morgan fingerprint density at radius 3 is 3.08 bits per heavy atom. The van der Waals surface area contributed by atoms with E-state index in [1.165, 1.54) is 0 Å². The van der Waals surface area contributed by atoms with Crippen LogP contribution in [0.4, 0.5) is 0 Å². The monoisotopic (exact) mass is 187 g/mol. The van der Waals surface area contributed by atoms with Crippen LogP contribution in [0.5, 0.6) is 0 Å². The van der Waals surface area contributed by atoms with E-state index in [1.54, 1.807) is 6.92 Å². The zero-order valence-electron chi connectivity index (χ0n) is 7.37. The van der Waals surface area contributed by atoms with E-state index >= 15 is 0 Å². The highest BCUT2D eigenvalue weighted by Gasteiger charge is 2.28. The number of hydrogen-bond acceptors (Lipinski definition) is 4. The van der Waals surface area contributed by atoms with E-state index in [4.69, 9.17) is 5.73 Å². The zero-order chi connectivity index (χ0) is 9.84. The van der Waals surface area contributed by atoms with Crippen molar-refractivity contribution in [1.29, 1.82) is 0 Å². The summed E-state index contributed by atoms with van der Waals surface area (Å²) in [6, 6.07) is -1.17. The van der Waals surface area contributed by atoms with Crippen LogP contribution in [0.25, 0.3) is 0 Å². The van der Waals surface area contributed by atoms with Gasteiger partial charge in [0.05, 0.1) is 6.04 Å². The normalized spacial score (nSPS) is 23.8. The minimum Gasteiger partial charge on any atom is -0.341 e. The fourth-order valence-corrected chi connectivity index (χ4v) is 0.914. The second-order valence-corrected chi connectivity index (χ2v) is 2.85. The van der Waals surface area contributed by atoms with Gasteiger partial charge >= 0.3 is 0 Å². The first-order chi connectivity index (χ1) is 6.15. The molecule has 74 valence electrons. The van der Waals surface area contributed by atoms with Gasteiger partial charge in [-0.3, -0.25) is 14.4 Å². The maximum atomic E-state index is 11.2. The summed E-state index contributed by atoms with van der Waals surface area (Å²) in [4.78, 5) is 26.8. The molecule has 0 aliphatic carbocycles. The summed E-state index contributed by atoms with van der Waals surface area (Å²) in [5.74, 6) is -0.662. The molecule has 0 saturated carbocycles. The third-order valence-electron chi connectivity index (χ3n) is 1.83. The van der Waals surface area contributed by atoms with Gasteiger partial charge < -0.3 is 11.1 Å². The first kappa shape index (κ1) is 9.94. The predicted octanol–water partition coefficient (Wildman–Crippen LogP) is -1.73. The van der Waals surface area contributed by atoms with Gasteiger partial charge in [-0.05, 0) is 6.42 Å². The maximum Gasteiger partial charge on any atom is 0.268 e. The van der Waals surface area contributed by atoms with Crippen molar-refractivity contribution in [2.45, 2.75) is 25.4 Å². The van der Waals surface area contributed by atoms with Gasteiger partial charge in [0.1, 0.15) is 12.6 Å². The van der Waals surface area contributed by atoms with Gasteiger partial charge in [-0.1, -0.05) is 6.92 Å². The molecule has 1 fully saturated rings.